The second kappa shape index (κ2) is 6.71. The lowest BCUT2D eigenvalue weighted by Gasteiger charge is -2.47. The summed E-state index contributed by atoms with van der Waals surface area (Å²) in [6, 6.07) is 3.46. The van der Waals surface area contributed by atoms with Crippen LogP contribution in [0.3, 0.4) is 0 Å². The highest BCUT2D eigenvalue weighted by Gasteiger charge is 2.43. The van der Waals surface area contributed by atoms with Gasteiger partial charge in [0.1, 0.15) is 11.3 Å². The van der Waals surface area contributed by atoms with E-state index in [9.17, 15) is 8.42 Å². The van der Waals surface area contributed by atoms with E-state index in [1.165, 1.54) is 11.3 Å². The minimum Gasteiger partial charge on any atom is -0.380 e. The van der Waals surface area contributed by atoms with Gasteiger partial charge in [0.25, 0.3) is 0 Å². The Morgan fingerprint density at radius 2 is 1.94 bits per heavy atom. The number of sulfonamides is 1. The molecule has 0 atom stereocenters. The van der Waals surface area contributed by atoms with E-state index in [4.69, 9.17) is 4.74 Å². The molecule has 9 nitrogen and oxygen atoms in total. The number of fused-ring (bicyclic) bond motifs is 1. The third-order valence-corrected chi connectivity index (χ3v) is 9.16. The van der Waals surface area contributed by atoms with Gasteiger partial charge in [0, 0.05) is 30.1 Å². The fraction of sp³-hybridized carbons (Fsp3) is 0.550. The molecule has 1 saturated carbocycles. The van der Waals surface area contributed by atoms with Gasteiger partial charge >= 0.3 is 0 Å². The first-order chi connectivity index (χ1) is 14.9. The molecule has 1 aliphatic carbocycles. The smallest absolute Gasteiger partial charge is 0.241 e. The van der Waals surface area contributed by atoms with Crippen LogP contribution in [0.4, 0.5) is 5.82 Å². The van der Waals surface area contributed by atoms with E-state index in [0.717, 1.165) is 73.9 Å². The number of rotatable bonds is 5. The molecule has 1 spiro atoms. The van der Waals surface area contributed by atoms with Gasteiger partial charge in [-0.2, -0.15) is 5.10 Å². The van der Waals surface area contributed by atoms with Crippen LogP contribution in [0.5, 0.6) is 0 Å². The molecule has 11 heteroatoms. The quantitative estimate of drug-likeness (QED) is 0.623. The molecule has 2 saturated heterocycles. The number of hydrogen-bond acceptors (Lipinski definition) is 8. The van der Waals surface area contributed by atoms with Gasteiger partial charge in [-0.25, -0.2) is 17.7 Å². The Labute approximate surface area is 184 Å². The van der Waals surface area contributed by atoms with Gasteiger partial charge in [-0.05, 0) is 38.7 Å². The summed E-state index contributed by atoms with van der Waals surface area (Å²) >= 11 is 1.41. The van der Waals surface area contributed by atoms with Crippen molar-refractivity contribution in [3.63, 3.8) is 0 Å². The van der Waals surface area contributed by atoms with E-state index in [1.807, 2.05) is 11.4 Å². The minimum atomic E-state index is -3.66. The number of piperidine rings is 1. The van der Waals surface area contributed by atoms with Crippen LogP contribution in [0.25, 0.3) is 16.1 Å². The van der Waals surface area contributed by atoms with Crippen molar-refractivity contribution in [3.05, 3.63) is 23.8 Å². The molecule has 6 rings (SSSR count). The van der Waals surface area contributed by atoms with Gasteiger partial charge in [0.05, 0.1) is 35.4 Å². The highest BCUT2D eigenvalue weighted by Crippen LogP contribution is 2.41. The van der Waals surface area contributed by atoms with Crippen molar-refractivity contribution in [2.45, 2.75) is 43.0 Å². The van der Waals surface area contributed by atoms with Gasteiger partial charge in [-0.1, -0.05) is 11.3 Å². The van der Waals surface area contributed by atoms with Crippen LogP contribution >= 0.6 is 11.3 Å². The van der Waals surface area contributed by atoms with Crippen LogP contribution < -0.4 is 9.62 Å². The Hall–Kier alpha value is -2.08. The summed E-state index contributed by atoms with van der Waals surface area (Å²) in [5.41, 5.74) is 3.14. The second-order valence-electron chi connectivity index (χ2n) is 9.29. The molecule has 0 aromatic carbocycles. The first kappa shape index (κ1) is 19.6. The average molecular weight is 461 g/mol. The van der Waals surface area contributed by atoms with Crippen LogP contribution in [-0.4, -0.2) is 60.1 Å². The van der Waals surface area contributed by atoms with Crippen molar-refractivity contribution >= 4 is 32.7 Å². The third-order valence-electron chi connectivity index (χ3n) is 6.82. The molecule has 0 radical (unpaired) electrons. The number of ether oxygens (including phenoxy) is 1. The lowest BCUT2D eigenvalue weighted by molar-refractivity contribution is -0.124. The summed E-state index contributed by atoms with van der Waals surface area (Å²) in [4.78, 5) is 2.51. The maximum Gasteiger partial charge on any atom is 0.241 e. The van der Waals surface area contributed by atoms with Gasteiger partial charge < -0.3 is 9.64 Å². The third kappa shape index (κ3) is 3.34. The summed E-state index contributed by atoms with van der Waals surface area (Å²) in [5, 5.41) is 13.4. The van der Waals surface area contributed by atoms with Gasteiger partial charge in [0.15, 0.2) is 5.01 Å². The molecule has 3 fully saturated rings. The van der Waals surface area contributed by atoms with Crippen LogP contribution in [-0.2, 0) is 14.8 Å². The normalized spacial score (nSPS) is 22.0. The number of hydrogen-bond donors (Lipinski definition) is 1. The SMILES string of the molecule is CC1(NS(=O)(=O)c2cc(N3CCC4(CC3)COC4)n3ncc(-c4nncs4)c3c2)CC1. The topological polar surface area (TPSA) is 102 Å². The number of pyridine rings is 1. The molecule has 0 unspecified atom stereocenters. The Balaban J connectivity index is 1.45. The lowest BCUT2D eigenvalue weighted by Crippen LogP contribution is -2.51. The standard InChI is InChI=1S/C20H24N6O3S2/c1-19(2-3-19)24-31(27,28)14-8-16-15(18-23-21-13-30-18)10-22-26(16)17(9-14)25-6-4-20(5-7-25)11-29-12-20/h8-10,13,24H,2-7,11-12H2,1H3. The fourth-order valence-corrected chi connectivity index (χ4v) is 6.51. The molecule has 0 amide bonds. The monoisotopic (exact) mass is 460 g/mol. The molecule has 3 aliphatic rings. The van der Waals surface area contributed by atoms with Gasteiger partial charge in [0.2, 0.25) is 10.0 Å². The summed E-state index contributed by atoms with van der Waals surface area (Å²) in [7, 11) is -3.66. The van der Waals surface area contributed by atoms with Crippen molar-refractivity contribution in [1.29, 1.82) is 0 Å². The van der Waals surface area contributed by atoms with Crippen LogP contribution in [0.2, 0.25) is 0 Å². The highest BCUT2D eigenvalue weighted by atomic mass is 32.2. The zero-order chi connectivity index (χ0) is 21.3. The van der Waals surface area contributed by atoms with E-state index in [0.29, 0.717) is 5.41 Å². The zero-order valence-electron chi connectivity index (χ0n) is 17.2. The minimum absolute atomic E-state index is 0.265. The van der Waals surface area contributed by atoms with Crippen molar-refractivity contribution in [2.24, 2.45) is 5.41 Å². The Morgan fingerprint density at radius 3 is 2.55 bits per heavy atom. The van der Waals surface area contributed by atoms with Crippen molar-refractivity contribution < 1.29 is 13.2 Å². The summed E-state index contributed by atoms with van der Waals surface area (Å²) in [6.07, 6.45) is 5.54. The van der Waals surface area contributed by atoms with E-state index in [-0.39, 0.29) is 10.4 Å². The van der Waals surface area contributed by atoms with Crippen LogP contribution in [0.1, 0.15) is 32.6 Å². The largest absolute Gasteiger partial charge is 0.380 e. The summed E-state index contributed by atoms with van der Waals surface area (Å²) in [5.74, 6) is 0.796. The Kier molecular flexibility index (Phi) is 4.24. The van der Waals surface area contributed by atoms with Gasteiger partial charge in [-0.15, -0.1) is 10.2 Å². The van der Waals surface area contributed by atoms with Gasteiger partial charge in [-0.3, -0.25) is 0 Å². The summed E-state index contributed by atoms with van der Waals surface area (Å²) in [6.45, 7) is 5.30. The average Bonchev–Trinajstić information content (AvgIpc) is 3.14. The lowest BCUT2D eigenvalue weighted by atomic mass is 9.77. The van der Waals surface area contributed by atoms with E-state index in [1.54, 1.807) is 23.8 Å². The van der Waals surface area contributed by atoms with Crippen LogP contribution in [0.15, 0.2) is 28.7 Å². The molecule has 3 aromatic rings. The summed E-state index contributed by atoms with van der Waals surface area (Å²) < 4.78 is 36.7. The Morgan fingerprint density at radius 1 is 1.16 bits per heavy atom. The fourth-order valence-electron chi connectivity index (χ4n) is 4.44. The number of anilines is 1. The molecule has 31 heavy (non-hydrogen) atoms. The predicted molar refractivity (Wildman–Crippen MR) is 117 cm³/mol. The highest BCUT2D eigenvalue weighted by molar-refractivity contribution is 7.89. The van der Waals surface area contributed by atoms with Crippen LogP contribution in [0, 0.1) is 5.41 Å². The first-order valence-corrected chi connectivity index (χ1v) is 12.9. The first-order valence-electron chi connectivity index (χ1n) is 10.5. The van der Waals surface area contributed by atoms with Crippen molar-refractivity contribution in [1.82, 2.24) is 24.5 Å². The molecule has 164 valence electrons. The van der Waals surface area contributed by atoms with E-state index < -0.39 is 10.0 Å². The molecule has 3 aromatic heterocycles. The van der Waals surface area contributed by atoms with Crippen molar-refractivity contribution in [2.75, 3.05) is 31.2 Å². The number of nitrogens with one attached hydrogen (secondary N) is 1. The maximum absolute atomic E-state index is 13.2. The molecule has 0 bridgehead atoms. The molecule has 5 heterocycles. The maximum atomic E-state index is 13.2. The molecular formula is C20H24N6O3S2. The number of aromatic nitrogens is 4. The predicted octanol–water partition coefficient (Wildman–Crippen LogP) is 2.30. The second-order valence-corrected chi connectivity index (χ2v) is 11.8. The van der Waals surface area contributed by atoms with Crippen molar-refractivity contribution in [3.8, 4) is 10.6 Å². The zero-order valence-corrected chi connectivity index (χ0v) is 18.9. The number of nitrogens with zero attached hydrogens (tertiary/aromatic N) is 5. The molecular weight excluding hydrogens is 436 g/mol. The molecule has 2 aliphatic heterocycles. The van der Waals surface area contributed by atoms with E-state index >= 15 is 0 Å². The van der Waals surface area contributed by atoms with E-state index in [2.05, 4.69) is 24.9 Å². The Bertz CT molecular complexity index is 1240. The molecule has 1 N–H and O–H groups in total.